The van der Waals surface area contributed by atoms with Gasteiger partial charge in [0.15, 0.2) is 0 Å². The Bertz CT molecular complexity index is 1130. The lowest BCUT2D eigenvalue weighted by molar-refractivity contribution is 0.0581. The van der Waals surface area contributed by atoms with Gasteiger partial charge in [-0.3, -0.25) is 0 Å². The first-order valence-electron chi connectivity index (χ1n) is 8.14. The normalized spacial score (nSPS) is 10.8. The number of methoxy groups -OCH3 is 4. The smallest absolute Gasteiger partial charge is 0.356 e. The number of hydrogen-bond acceptors (Lipinski definition) is 8. The minimum Gasteiger partial charge on any atom is -0.494 e. The van der Waals surface area contributed by atoms with Gasteiger partial charge in [-0.2, -0.15) is 0 Å². The molecule has 1 aromatic carbocycles. The molecule has 0 aliphatic heterocycles. The van der Waals surface area contributed by atoms with Gasteiger partial charge in [0, 0.05) is 17.8 Å². The Morgan fingerprint density at radius 3 is 2.11 bits per heavy atom. The molecule has 0 aliphatic rings. The van der Waals surface area contributed by atoms with E-state index in [-0.39, 0.29) is 22.5 Å². The van der Waals surface area contributed by atoms with Crippen LogP contribution in [0.25, 0.3) is 21.8 Å². The third kappa shape index (κ3) is 2.81. The first kappa shape index (κ1) is 19.2. The second-order valence-electron chi connectivity index (χ2n) is 5.86. The number of aryl methyl sites for hydroxylation is 1. The van der Waals surface area contributed by atoms with Gasteiger partial charge >= 0.3 is 17.9 Å². The summed E-state index contributed by atoms with van der Waals surface area (Å²) in [5, 5.41) is 1.01. The van der Waals surface area contributed by atoms with Crippen LogP contribution < -0.4 is 4.74 Å². The van der Waals surface area contributed by atoms with E-state index in [0.29, 0.717) is 22.0 Å². The molecule has 0 atom stereocenters. The van der Waals surface area contributed by atoms with E-state index in [1.807, 2.05) is 0 Å². The molecule has 3 rings (SSSR count). The maximum Gasteiger partial charge on any atom is 0.356 e. The minimum absolute atomic E-state index is 0.0737. The number of rotatable bonds is 4. The molecular weight excluding hydrogens is 368 g/mol. The van der Waals surface area contributed by atoms with E-state index in [4.69, 9.17) is 18.9 Å². The van der Waals surface area contributed by atoms with Crippen molar-refractivity contribution in [1.82, 2.24) is 9.55 Å². The molecule has 9 nitrogen and oxygen atoms in total. The van der Waals surface area contributed by atoms with Crippen molar-refractivity contribution in [2.24, 2.45) is 7.05 Å². The van der Waals surface area contributed by atoms with Crippen LogP contribution in [0, 0.1) is 0 Å². The predicted octanol–water partition coefficient (Wildman–Crippen LogP) is 2.09. The van der Waals surface area contributed by atoms with Gasteiger partial charge in [-0.15, -0.1) is 0 Å². The van der Waals surface area contributed by atoms with E-state index < -0.39 is 17.9 Å². The van der Waals surface area contributed by atoms with Gasteiger partial charge in [-0.1, -0.05) is 0 Å². The highest BCUT2D eigenvalue weighted by atomic mass is 16.5. The predicted molar refractivity (Wildman–Crippen MR) is 98.8 cm³/mol. The summed E-state index contributed by atoms with van der Waals surface area (Å²) >= 11 is 0. The molecule has 0 bridgehead atoms. The van der Waals surface area contributed by atoms with Gasteiger partial charge < -0.3 is 23.5 Å². The van der Waals surface area contributed by atoms with Gasteiger partial charge in [-0.25, -0.2) is 19.4 Å². The van der Waals surface area contributed by atoms with Crippen molar-refractivity contribution in [3.8, 4) is 5.75 Å². The Kier molecular flexibility index (Phi) is 4.91. The van der Waals surface area contributed by atoms with Gasteiger partial charge in [0.25, 0.3) is 0 Å². The summed E-state index contributed by atoms with van der Waals surface area (Å²) in [6, 6.07) is 4.58. The average molecular weight is 386 g/mol. The third-order valence-corrected chi connectivity index (χ3v) is 4.45. The molecule has 9 heteroatoms. The first-order valence-corrected chi connectivity index (χ1v) is 8.14. The van der Waals surface area contributed by atoms with Crippen molar-refractivity contribution in [3.05, 3.63) is 35.2 Å². The number of carbonyl (C=O) groups excluding carboxylic acids is 3. The minimum atomic E-state index is -0.712. The maximum absolute atomic E-state index is 12.5. The van der Waals surface area contributed by atoms with Crippen molar-refractivity contribution in [2.75, 3.05) is 28.4 Å². The fourth-order valence-electron chi connectivity index (χ4n) is 3.16. The molecule has 3 aromatic rings. The summed E-state index contributed by atoms with van der Waals surface area (Å²) in [5.74, 6) is -1.60. The van der Waals surface area contributed by atoms with Crippen LogP contribution in [-0.4, -0.2) is 55.9 Å². The summed E-state index contributed by atoms with van der Waals surface area (Å²) in [7, 11) is 6.83. The van der Waals surface area contributed by atoms with Gasteiger partial charge in [0.1, 0.15) is 22.7 Å². The number of pyridine rings is 1. The van der Waals surface area contributed by atoms with E-state index >= 15 is 0 Å². The Labute approximate surface area is 159 Å². The zero-order chi connectivity index (χ0) is 20.6. The third-order valence-electron chi connectivity index (χ3n) is 4.45. The standard InChI is InChI=1S/C19H18N2O7/c1-21-12(19(24)28-5)6-9-7-13(25-2)15-14(16(9)21)10(17(22)26-3)8-11(20-15)18(23)27-4/h6-8H,1-5H3. The van der Waals surface area contributed by atoms with E-state index in [1.54, 1.807) is 23.7 Å². The van der Waals surface area contributed by atoms with E-state index in [1.165, 1.54) is 34.5 Å². The van der Waals surface area contributed by atoms with Crippen molar-refractivity contribution in [1.29, 1.82) is 0 Å². The lowest BCUT2D eigenvalue weighted by atomic mass is 10.0. The van der Waals surface area contributed by atoms with Crippen LogP contribution in [0.5, 0.6) is 5.75 Å². The Morgan fingerprint density at radius 2 is 1.54 bits per heavy atom. The van der Waals surface area contributed by atoms with Crippen molar-refractivity contribution < 1.29 is 33.3 Å². The SMILES string of the molecule is COC(=O)c1cc(C(=O)OC)c2c(n1)c(OC)cc1cc(C(=O)OC)n(C)c12. The zero-order valence-electron chi connectivity index (χ0n) is 16.0. The van der Waals surface area contributed by atoms with Crippen LogP contribution >= 0.6 is 0 Å². The number of hydrogen-bond donors (Lipinski definition) is 0. The van der Waals surface area contributed by atoms with Crippen LogP contribution in [-0.2, 0) is 21.3 Å². The van der Waals surface area contributed by atoms with E-state index in [9.17, 15) is 14.4 Å². The monoisotopic (exact) mass is 386 g/mol. The largest absolute Gasteiger partial charge is 0.494 e. The van der Waals surface area contributed by atoms with Gasteiger partial charge in [-0.05, 0) is 18.2 Å². The summed E-state index contributed by atoms with van der Waals surface area (Å²) in [6.07, 6.45) is 0. The molecule has 0 unspecified atom stereocenters. The highest BCUT2D eigenvalue weighted by Crippen LogP contribution is 2.36. The second-order valence-corrected chi connectivity index (χ2v) is 5.86. The lowest BCUT2D eigenvalue weighted by Gasteiger charge is -2.13. The molecule has 146 valence electrons. The molecule has 0 saturated carbocycles. The molecule has 2 heterocycles. The fourth-order valence-corrected chi connectivity index (χ4v) is 3.16. The Hall–Kier alpha value is -3.62. The van der Waals surface area contributed by atoms with E-state index in [2.05, 4.69) is 4.98 Å². The number of aromatic nitrogens is 2. The number of benzene rings is 1. The number of carbonyl (C=O) groups is 3. The number of nitrogens with zero attached hydrogens (tertiary/aromatic N) is 2. The highest BCUT2D eigenvalue weighted by Gasteiger charge is 2.25. The molecule has 0 amide bonds. The van der Waals surface area contributed by atoms with Gasteiger partial charge in [0.2, 0.25) is 0 Å². The first-order chi connectivity index (χ1) is 13.4. The Morgan fingerprint density at radius 1 is 0.893 bits per heavy atom. The Balaban J connectivity index is 2.55. The lowest BCUT2D eigenvalue weighted by Crippen LogP contribution is -2.11. The van der Waals surface area contributed by atoms with Gasteiger partial charge in [0.05, 0.1) is 39.5 Å². The maximum atomic E-state index is 12.5. The molecule has 0 fully saturated rings. The van der Waals surface area contributed by atoms with Crippen LogP contribution in [0.1, 0.15) is 31.3 Å². The summed E-state index contributed by atoms with van der Waals surface area (Å²) < 4.78 is 21.4. The summed E-state index contributed by atoms with van der Waals surface area (Å²) in [4.78, 5) is 41.0. The molecule has 0 aliphatic carbocycles. The molecule has 2 aromatic heterocycles. The van der Waals surface area contributed by atoms with Crippen molar-refractivity contribution >= 4 is 39.7 Å². The number of ether oxygens (including phenoxy) is 4. The van der Waals surface area contributed by atoms with Crippen LogP contribution in [0.4, 0.5) is 0 Å². The van der Waals surface area contributed by atoms with Crippen molar-refractivity contribution in [2.45, 2.75) is 0 Å². The molecule has 0 saturated heterocycles. The van der Waals surface area contributed by atoms with Crippen LogP contribution in [0.15, 0.2) is 18.2 Å². The summed E-state index contributed by atoms with van der Waals surface area (Å²) in [5.41, 5.74) is 1.10. The fraction of sp³-hybridized carbons (Fsp3) is 0.263. The van der Waals surface area contributed by atoms with Crippen molar-refractivity contribution in [3.63, 3.8) is 0 Å². The zero-order valence-corrected chi connectivity index (χ0v) is 16.0. The quantitative estimate of drug-likeness (QED) is 0.496. The molecule has 0 spiro atoms. The highest BCUT2D eigenvalue weighted by molar-refractivity contribution is 6.18. The number of fused-ring (bicyclic) bond motifs is 3. The number of esters is 3. The molecule has 28 heavy (non-hydrogen) atoms. The molecular formula is C19H18N2O7. The van der Waals surface area contributed by atoms with Crippen LogP contribution in [0.3, 0.4) is 0 Å². The molecule has 0 radical (unpaired) electrons. The molecule has 0 N–H and O–H groups in total. The second kappa shape index (κ2) is 7.18. The average Bonchev–Trinajstić information content (AvgIpc) is 3.06. The topological polar surface area (TPSA) is 106 Å². The summed E-state index contributed by atoms with van der Waals surface area (Å²) in [6.45, 7) is 0. The van der Waals surface area contributed by atoms with Crippen LogP contribution in [0.2, 0.25) is 0 Å². The van der Waals surface area contributed by atoms with E-state index in [0.717, 1.165) is 0 Å².